The number of rotatable bonds is 8. The maximum absolute atomic E-state index is 9.89. The number of benzene rings is 2. The van der Waals surface area contributed by atoms with Crippen molar-refractivity contribution in [2.75, 3.05) is 13.2 Å². The van der Waals surface area contributed by atoms with E-state index in [0.717, 1.165) is 11.1 Å². The van der Waals surface area contributed by atoms with Gasteiger partial charge in [-0.25, -0.2) is 0 Å². The fourth-order valence-corrected chi connectivity index (χ4v) is 3.97. The lowest BCUT2D eigenvalue weighted by Gasteiger charge is -2.29. The van der Waals surface area contributed by atoms with Crippen molar-refractivity contribution in [3.8, 4) is 11.5 Å². The van der Waals surface area contributed by atoms with E-state index in [2.05, 4.69) is 0 Å². The number of hydrogen-bond donors (Lipinski definition) is 2. The van der Waals surface area contributed by atoms with Crippen molar-refractivity contribution in [2.24, 2.45) is 0 Å². The zero-order chi connectivity index (χ0) is 23.8. The first-order valence-corrected chi connectivity index (χ1v) is 11.2. The van der Waals surface area contributed by atoms with Crippen molar-refractivity contribution < 1.29 is 19.7 Å². The Morgan fingerprint density at radius 1 is 0.613 bits per heavy atom. The first-order chi connectivity index (χ1) is 14.0. The predicted molar refractivity (Wildman–Crippen MR) is 129 cm³/mol. The molecule has 0 aliphatic carbocycles. The molecule has 0 unspecified atom stereocenters. The van der Waals surface area contributed by atoms with Crippen LogP contribution in [0.2, 0.25) is 20.1 Å². The third-order valence-corrected chi connectivity index (χ3v) is 5.70. The molecule has 0 bridgehead atoms. The van der Waals surface area contributed by atoms with Crippen LogP contribution in [0, 0.1) is 0 Å². The molecule has 0 aliphatic rings. The minimum absolute atomic E-state index is 0.0481. The largest absolute Gasteiger partial charge is 0.487 e. The standard InChI is InChI=1S/C23H28Cl4O4/c1-21(2,28)11-30-19-15(24)7-13(8-16(19)25)23(5,6)14-9-17(26)20(18(27)10-14)31-12-22(3,4)29/h7-10,28-29H,11-12H2,1-6H3. The van der Waals surface area contributed by atoms with E-state index in [9.17, 15) is 10.2 Å². The topological polar surface area (TPSA) is 58.9 Å². The summed E-state index contributed by atoms with van der Waals surface area (Å²) in [5.41, 5.74) is -0.935. The summed E-state index contributed by atoms with van der Waals surface area (Å²) in [4.78, 5) is 0. The molecule has 0 saturated carbocycles. The Balaban J connectivity index is 2.38. The Labute approximate surface area is 204 Å². The van der Waals surface area contributed by atoms with Crippen molar-refractivity contribution in [3.63, 3.8) is 0 Å². The van der Waals surface area contributed by atoms with Gasteiger partial charge < -0.3 is 19.7 Å². The highest BCUT2D eigenvalue weighted by Crippen LogP contribution is 2.44. The van der Waals surface area contributed by atoms with E-state index in [-0.39, 0.29) is 13.2 Å². The third kappa shape index (κ3) is 7.05. The summed E-state index contributed by atoms with van der Waals surface area (Å²) in [5.74, 6) is 0.632. The molecule has 0 atom stereocenters. The quantitative estimate of drug-likeness (QED) is 0.405. The number of aliphatic hydroxyl groups is 2. The summed E-state index contributed by atoms with van der Waals surface area (Å²) in [5, 5.41) is 21.1. The van der Waals surface area contributed by atoms with Crippen molar-refractivity contribution in [3.05, 3.63) is 55.5 Å². The van der Waals surface area contributed by atoms with E-state index in [1.807, 2.05) is 13.8 Å². The fraction of sp³-hybridized carbons (Fsp3) is 0.478. The van der Waals surface area contributed by atoms with Gasteiger partial charge in [0.2, 0.25) is 0 Å². The molecule has 2 N–H and O–H groups in total. The Kier molecular flexibility index (Phi) is 8.12. The molecule has 0 spiro atoms. The van der Waals surface area contributed by atoms with Gasteiger partial charge in [-0.3, -0.25) is 0 Å². The molecule has 4 nitrogen and oxygen atoms in total. The SMILES string of the molecule is CC(C)(O)COc1c(Cl)cc(C(C)(C)c2cc(Cl)c(OCC(C)(C)O)c(Cl)c2)cc1Cl. The van der Waals surface area contributed by atoms with Crippen LogP contribution >= 0.6 is 46.4 Å². The fourth-order valence-electron chi connectivity index (χ4n) is 2.78. The molecule has 2 aromatic carbocycles. The van der Waals surface area contributed by atoms with Crippen molar-refractivity contribution in [1.82, 2.24) is 0 Å². The van der Waals surface area contributed by atoms with E-state index in [1.54, 1.807) is 52.0 Å². The average molecular weight is 510 g/mol. The Hall–Kier alpha value is -0.880. The van der Waals surface area contributed by atoms with Crippen LogP contribution < -0.4 is 9.47 Å². The Morgan fingerprint density at radius 2 is 0.871 bits per heavy atom. The van der Waals surface area contributed by atoms with Gasteiger partial charge in [0, 0.05) is 5.41 Å². The second-order valence-electron chi connectivity index (χ2n) is 9.37. The number of halogens is 4. The van der Waals surface area contributed by atoms with Gasteiger partial charge in [-0.15, -0.1) is 0 Å². The van der Waals surface area contributed by atoms with Gasteiger partial charge in [0.05, 0.1) is 31.3 Å². The van der Waals surface area contributed by atoms with E-state index in [0.29, 0.717) is 31.6 Å². The monoisotopic (exact) mass is 508 g/mol. The number of ether oxygens (including phenoxy) is 2. The summed E-state index contributed by atoms with van der Waals surface area (Å²) in [7, 11) is 0. The summed E-state index contributed by atoms with van der Waals surface area (Å²) >= 11 is 25.8. The van der Waals surface area contributed by atoms with Crippen molar-refractivity contribution in [1.29, 1.82) is 0 Å². The van der Waals surface area contributed by atoms with Crippen molar-refractivity contribution in [2.45, 2.75) is 58.2 Å². The van der Waals surface area contributed by atoms with Crippen LogP contribution in [0.1, 0.15) is 52.7 Å². The molecule has 0 radical (unpaired) electrons. The molecule has 0 heterocycles. The first kappa shape index (κ1) is 26.4. The number of hydrogen-bond acceptors (Lipinski definition) is 4. The maximum atomic E-state index is 9.89. The zero-order valence-corrected chi connectivity index (χ0v) is 21.5. The highest BCUT2D eigenvalue weighted by molar-refractivity contribution is 6.38. The van der Waals surface area contributed by atoms with Crippen LogP contribution in [0.3, 0.4) is 0 Å². The molecular formula is C23H28Cl4O4. The molecular weight excluding hydrogens is 482 g/mol. The first-order valence-electron chi connectivity index (χ1n) is 9.71. The molecule has 172 valence electrons. The summed E-state index contributed by atoms with van der Waals surface area (Å²) < 4.78 is 11.2. The molecule has 0 aromatic heterocycles. The van der Waals surface area contributed by atoms with Gasteiger partial charge in [0.15, 0.2) is 11.5 Å². The maximum Gasteiger partial charge on any atom is 0.156 e. The molecule has 0 fully saturated rings. The molecule has 0 saturated heterocycles. The highest BCUT2D eigenvalue weighted by Gasteiger charge is 2.28. The summed E-state index contributed by atoms with van der Waals surface area (Å²) in [6, 6.07) is 7.09. The average Bonchev–Trinajstić information content (AvgIpc) is 2.58. The third-order valence-electron chi connectivity index (χ3n) is 4.58. The van der Waals surface area contributed by atoms with Crippen LogP contribution in [0.15, 0.2) is 24.3 Å². The van der Waals surface area contributed by atoms with Gasteiger partial charge in [0.25, 0.3) is 0 Å². The Bertz CT molecular complexity index is 822. The van der Waals surface area contributed by atoms with E-state index in [1.165, 1.54) is 0 Å². The van der Waals surface area contributed by atoms with E-state index >= 15 is 0 Å². The van der Waals surface area contributed by atoms with Gasteiger partial charge in [-0.05, 0) is 63.1 Å². The molecule has 2 aromatic rings. The lowest BCUT2D eigenvalue weighted by atomic mass is 9.78. The lowest BCUT2D eigenvalue weighted by Crippen LogP contribution is -2.28. The van der Waals surface area contributed by atoms with Crippen LogP contribution in [0.25, 0.3) is 0 Å². The van der Waals surface area contributed by atoms with Gasteiger partial charge in [-0.2, -0.15) is 0 Å². The minimum Gasteiger partial charge on any atom is -0.487 e. The molecule has 0 amide bonds. The second kappa shape index (κ2) is 9.54. The van der Waals surface area contributed by atoms with Crippen LogP contribution in [0.4, 0.5) is 0 Å². The minimum atomic E-state index is -1.02. The summed E-state index contributed by atoms with van der Waals surface area (Å²) in [6.07, 6.45) is 0. The van der Waals surface area contributed by atoms with Gasteiger partial charge in [0.1, 0.15) is 13.2 Å². The highest BCUT2D eigenvalue weighted by atomic mass is 35.5. The molecule has 0 aliphatic heterocycles. The smallest absolute Gasteiger partial charge is 0.156 e. The van der Waals surface area contributed by atoms with E-state index < -0.39 is 16.6 Å². The summed E-state index contributed by atoms with van der Waals surface area (Å²) in [6.45, 7) is 10.6. The lowest BCUT2D eigenvalue weighted by molar-refractivity contribution is 0.0282. The zero-order valence-electron chi connectivity index (χ0n) is 18.4. The van der Waals surface area contributed by atoms with Crippen LogP contribution in [-0.4, -0.2) is 34.6 Å². The Morgan fingerprint density at radius 3 is 1.10 bits per heavy atom. The van der Waals surface area contributed by atoms with Crippen LogP contribution in [-0.2, 0) is 5.41 Å². The van der Waals surface area contributed by atoms with Gasteiger partial charge in [-0.1, -0.05) is 60.3 Å². The normalized spacial score (nSPS) is 12.8. The van der Waals surface area contributed by atoms with Crippen molar-refractivity contribution >= 4 is 46.4 Å². The second-order valence-corrected chi connectivity index (χ2v) is 11.0. The predicted octanol–water partition coefficient (Wildman–Crippen LogP) is 6.93. The molecule has 31 heavy (non-hydrogen) atoms. The molecule has 2 rings (SSSR count). The van der Waals surface area contributed by atoms with E-state index in [4.69, 9.17) is 55.9 Å². The van der Waals surface area contributed by atoms with Crippen LogP contribution in [0.5, 0.6) is 11.5 Å². The van der Waals surface area contributed by atoms with Gasteiger partial charge >= 0.3 is 0 Å². The molecule has 8 heteroatoms.